The third-order valence-electron chi connectivity index (χ3n) is 2.91. The number of para-hydroxylation sites is 1. The maximum atomic E-state index is 11.2. The van der Waals surface area contributed by atoms with Crippen molar-refractivity contribution in [1.82, 2.24) is 0 Å². The van der Waals surface area contributed by atoms with Gasteiger partial charge in [-0.1, -0.05) is 42.1 Å². The summed E-state index contributed by atoms with van der Waals surface area (Å²) in [5, 5.41) is 9.07. The highest BCUT2D eigenvalue weighted by Crippen LogP contribution is 2.22. The van der Waals surface area contributed by atoms with E-state index in [9.17, 15) is 14.7 Å². The second kappa shape index (κ2) is 8.19. The largest absolute Gasteiger partial charge is 0.478 e. The molecule has 0 radical (unpaired) electrons. The highest BCUT2D eigenvalue weighted by Gasteiger charge is 2.09. The van der Waals surface area contributed by atoms with Crippen molar-refractivity contribution in [3.05, 3.63) is 65.7 Å². The first-order chi connectivity index (χ1) is 11.0. The number of rotatable bonds is 6. The SMILES string of the molecule is CC(=O)SC/C(=C\c1ccc(Oc2ccccc2)cc1)C(=O)O. The summed E-state index contributed by atoms with van der Waals surface area (Å²) in [5.41, 5.74) is 0.925. The molecule has 0 atom stereocenters. The monoisotopic (exact) mass is 328 g/mol. The van der Waals surface area contributed by atoms with Crippen molar-refractivity contribution in [2.45, 2.75) is 6.92 Å². The predicted molar refractivity (Wildman–Crippen MR) is 91.7 cm³/mol. The van der Waals surface area contributed by atoms with Crippen LogP contribution in [-0.2, 0) is 9.59 Å². The molecule has 0 saturated carbocycles. The predicted octanol–water partition coefficient (Wildman–Crippen LogP) is 4.23. The van der Waals surface area contributed by atoms with E-state index in [1.54, 1.807) is 30.3 Å². The lowest BCUT2D eigenvalue weighted by molar-refractivity contribution is -0.132. The molecule has 0 aromatic heterocycles. The number of carboxylic acids is 1. The number of carboxylic acid groups (broad SMARTS) is 1. The Hall–Kier alpha value is -2.53. The number of hydrogen-bond acceptors (Lipinski definition) is 4. The highest BCUT2D eigenvalue weighted by molar-refractivity contribution is 8.13. The van der Waals surface area contributed by atoms with Gasteiger partial charge in [0.15, 0.2) is 5.12 Å². The quantitative estimate of drug-likeness (QED) is 0.804. The molecule has 0 unspecified atom stereocenters. The number of carbonyl (C=O) groups excluding carboxylic acids is 1. The lowest BCUT2D eigenvalue weighted by Gasteiger charge is -2.06. The van der Waals surface area contributed by atoms with Gasteiger partial charge in [0.1, 0.15) is 11.5 Å². The fraction of sp³-hybridized carbons (Fsp3) is 0.111. The minimum absolute atomic E-state index is 0.108. The van der Waals surface area contributed by atoms with Crippen LogP contribution in [0.3, 0.4) is 0 Å². The Morgan fingerprint density at radius 3 is 2.22 bits per heavy atom. The normalized spacial score (nSPS) is 11.1. The molecule has 1 N–H and O–H groups in total. The van der Waals surface area contributed by atoms with E-state index >= 15 is 0 Å². The fourth-order valence-corrected chi connectivity index (χ4v) is 2.37. The number of aliphatic carboxylic acids is 1. The van der Waals surface area contributed by atoms with E-state index in [1.807, 2.05) is 30.3 Å². The van der Waals surface area contributed by atoms with Crippen LogP contribution in [0.25, 0.3) is 6.08 Å². The number of benzene rings is 2. The van der Waals surface area contributed by atoms with Crippen molar-refractivity contribution < 1.29 is 19.4 Å². The van der Waals surface area contributed by atoms with Crippen LogP contribution in [0, 0.1) is 0 Å². The van der Waals surface area contributed by atoms with Gasteiger partial charge in [0.2, 0.25) is 0 Å². The molecule has 118 valence electrons. The van der Waals surface area contributed by atoms with E-state index in [0.29, 0.717) is 5.75 Å². The molecule has 0 aliphatic carbocycles. The van der Waals surface area contributed by atoms with Crippen LogP contribution in [0.15, 0.2) is 60.2 Å². The highest BCUT2D eigenvalue weighted by atomic mass is 32.2. The summed E-state index contributed by atoms with van der Waals surface area (Å²) in [6.07, 6.45) is 1.56. The molecule has 0 saturated heterocycles. The lowest BCUT2D eigenvalue weighted by Crippen LogP contribution is -2.04. The molecule has 0 amide bonds. The first-order valence-electron chi connectivity index (χ1n) is 6.95. The minimum Gasteiger partial charge on any atom is -0.478 e. The van der Waals surface area contributed by atoms with Crippen LogP contribution in [0.5, 0.6) is 11.5 Å². The van der Waals surface area contributed by atoms with Gasteiger partial charge in [0.25, 0.3) is 0 Å². The molecule has 0 heterocycles. The van der Waals surface area contributed by atoms with Crippen LogP contribution < -0.4 is 4.74 Å². The van der Waals surface area contributed by atoms with Gasteiger partial charge in [-0.2, -0.15) is 0 Å². The summed E-state index contributed by atoms with van der Waals surface area (Å²) in [7, 11) is 0. The average molecular weight is 328 g/mol. The van der Waals surface area contributed by atoms with E-state index in [2.05, 4.69) is 0 Å². The van der Waals surface area contributed by atoms with Gasteiger partial charge in [-0.25, -0.2) is 4.79 Å². The number of carbonyl (C=O) groups is 2. The summed E-state index contributed by atoms with van der Waals surface area (Å²) < 4.78 is 5.68. The lowest BCUT2D eigenvalue weighted by atomic mass is 10.1. The first kappa shape index (κ1) is 16.8. The molecule has 2 aromatic carbocycles. The zero-order chi connectivity index (χ0) is 16.7. The summed E-state index contributed by atoms with van der Waals surface area (Å²) in [5.74, 6) is 0.527. The Bertz CT molecular complexity index is 706. The van der Waals surface area contributed by atoms with Crippen molar-refractivity contribution >= 4 is 28.9 Å². The van der Waals surface area contributed by atoms with Crippen molar-refractivity contribution in [3.8, 4) is 11.5 Å². The molecule has 0 fully saturated rings. The van der Waals surface area contributed by atoms with Gasteiger partial charge in [0.05, 0.1) is 0 Å². The van der Waals surface area contributed by atoms with Gasteiger partial charge >= 0.3 is 5.97 Å². The zero-order valence-corrected chi connectivity index (χ0v) is 13.4. The molecule has 0 aliphatic rings. The maximum Gasteiger partial charge on any atom is 0.332 e. The molecule has 2 aromatic rings. The zero-order valence-electron chi connectivity index (χ0n) is 12.6. The standard InChI is InChI=1S/C18H16O4S/c1-13(19)23-12-15(18(20)21)11-14-7-9-17(10-8-14)22-16-5-3-2-4-6-16/h2-11H,12H2,1H3,(H,20,21)/b15-11+. The average Bonchev–Trinajstić information content (AvgIpc) is 2.53. The van der Waals surface area contributed by atoms with Crippen LogP contribution >= 0.6 is 11.8 Å². The molecule has 23 heavy (non-hydrogen) atoms. The Morgan fingerprint density at radius 1 is 1.04 bits per heavy atom. The molecule has 5 heteroatoms. The molecule has 0 bridgehead atoms. The van der Waals surface area contributed by atoms with Gasteiger partial charge in [0, 0.05) is 18.2 Å². The van der Waals surface area contributed by atoms with Crippen molar-refractivity contribution in [2.75, 3.05) is 5.75 Å². The third-order valence-corrected chi connectivity index (χ3v) is 3.77. The van der Waals surface area contributed by atoms with E-state index in [4.69, 9.17) is 4.74 Å². The van der Waals surface area contributed by atoms with Crippen molar-refractivity contribution in [2.24, 2.45) is 0 Å². The first-order valence-corrected chi connectivity index (χ1v) is 7.93. The van der Waals surface area contributed by atoms with E-state index < -0.39 is 5.97 Å². The van der Waals surface area contributed by atoms with Crippen LogP contribution in [0.4, 0.5) is 0 Å². The summed E-state index contributed by atoms with van der Waals surface area (Å²) in [6.45, 7) is 1.42. The second-order valence-electron chi connectivity index (χ2n) is 4.74. The van der Waals surface area contributed by atoms with Crippen LogP contribution in [-0.4, -0.2) is 21.9 Å². The van der Waals surface area contributed by atoms with Gasteiger partial charge < -0.3 is 9.84 Å². The molecule has 4 nitrogen and oxygen atoms in total. The Kier molecular flexibility index (Phi) is 6.00. The van der Waals surface area contributed by atoms with Gasteiger partial charge in [-0.3, -0.25) is 4.79 Å². The number of ether oxygens (including phenoxy) is 1. The van der Waals surface area contributed by atoms with Crippen molar-refractivity contribution in [3.63, 3.8) is 0 Å². The smallest absolute Gasteiger partial charge is 0.332 e. The molecule has 0 aliphatic heterocycles. The summed E-state index contributed by atoms with van der Waals surface area (Å²) in [6, 6.07) is 16.5. The molecule has 0 spiro atoms. The Labute approximate surface area is 138 Å². The van der Waals surface area contributed by atoms with Gasteiger partial charge in [-0.15, -0.1) is 0 Å². The summed E-state index contributed by atoms with van der Waals surface area (Å²) in [4.78, 5) is 22.2. The maximum absolute atomic E-state index is 11.2. The van der Waals surface area contributed by atoms with Gasteiger partial charge in [-0.05, 0) is 35.9 Å². The third kappa shape index (κ3) is 5.64. The van der Waals surface area contributed by atoms with Crippen molar-refractivity contribution in [1.29, 1.82) is 0 Å². The molecule has 2 rings (SSSR count). The van der Waals surface area contributed by atoms with Crippen LogP contribution in [0.2, 0.25) is 0 Å². The van der Waals surface area contributed by atoms with E-state index in [1.165, 1.54) is 6.92 Å². The number of thioether (sulfide) groups is 1. The molecular weight excluding hydrogens is 312 g/mol. The Balaban J connectivity index is 2.09. The second-order valence-corrected chi connectivity index (χ2v) is 5.89. The number of hydrogen-bond donors (Lipinski definition) is 1. The van der Waals surface area contributed by atoms with Crippen LogP contribution in [0.1, 0.15) is 12.5 Å². The fourth-order valence-electron chi connectivity index (χ4n) is 1.80. The van der Waals surface area contributed by atoms with E-state index in [0.717, 1.165) is 23.1 Å². The Morgan fingerprint density at radius 2 is 1.65 bits per heavy atom. The van der Waals surface area contributed by atoms with E-state index in [-0.39, 0.29) is 16.4 Å². The minimum atomic E-state index is -1.02. The molecular formula is C18H16O4S. The topological polar surface area (TPSA) is 63.6 Å². The summed E-state index contributed by atoms with van der Waals surface area (Å²) >= 11 is 0.979.